The molecule has 0 saturated carbocycles. The van der Waals surface area contributed by atoms with Gasteiger partial charge in [0.15, 0.2) is 0 Å². The van der Waals surface area contributed by atoms with Gasteiger partial charge in [-0.1, -0.05) is 36.4 Å². The number of carboxylic acids is 1. The van der Waals surface area contributed by atoms with Crippen LogP contribution in [0.1, 0.15) is 0 Å². The number of hydrogen-bond acceptors (Lipinski definition) is 3. The molecule has 4 heteroatoms. The minimum Gasteiger partial charge on any atom is -0.477 e. The van der Waals surface area contributed by atoms with Gasteiger partial charge in [0, 0.05) is 6.20 Å². The first-order valence-electron chi connectivity index (χ1n) is 4.33. The molecular formula is C11H11NO2S. The minimum atomic E-state index is -0.892. The van der Waals surface area contributed by atoms with Crippen LogP contribution in [0.4, 0.5) is 0 Å². The molecule has 1 aliphatic rings. The Labute approximate surface area is 92.6 Å². The van der Waals surface area contributed by atoms with Crippen LogP contribution in [0.3, 0.4) is 0 Å². The van der Waals surface area contributed by atoms with Crippen LogP contribution >= 0.6 is 11.9 Å². The fourth-order valence-electron chi connectivity index (χ4n) is 0.806. The van der Waals surface area contributed by atoms with E-state index in [1.54, 1.807) is 18.4 Å². The highest BCUT2D eigenvalue weighted by Crippen LogP contribution is 2.14. The number of nitrogens with one attached hydrogen (secondary N) is 1. The van der Waals surface area contributed by atoms with E-state index >= 15 is 0 Å². The van der Waals surface area contributed by atoms with Gasteiger partial charge in [0.05, 0.1) is 0 Å². The van der Waals surface area contributed by atoms with E-state index in [1.807, 2.05) is 36.4 Å². The molecule has 78 valence electrons. The summed E-state index contributed by atoms with van der Waals surface area (Å²) in [7, 11) is 0. The molecule has 0 spiro atoms. The fourth-order valence-corrected chi connectivity index (χ4v) is 1.31. The average molecular weight is 221 g/mol. The Balaban J connectivity index is 0.000000162. The van der Waals surface area contributed by atoms with Crippen molar-refractivity contribution in [2.24, 2.45) is 0 Å². The molecule has 1 aromatic rings. The first-order valence-corrected chi connectivity index (χ1v) is 5.15. The highest BCUT2D eigenvalue weighted by Gasteiger charge is 2.07. The van der Waals surface area contributed by atoms with Crippen molar-refractivity contribution in [2.45, 2.75) is 0 Å². The maximum absolute atomic E-state index is 10.2. The standard InChI is InChI=1S/C6H6.C5H5NO2S/c1-2-4-6-5-3-1;7-5(8)4-2-1-3-6-9-4/h1-6H;1-3,6H,(H,7,8). The first-order chi connectivity index (χ1) is 7.30. The molecule has 1 aromatic carbocycles. The third-order valence-corrected chi connectivity index (χ3v) is 2.24. The second-order valence-corrected chi connectivity index (χ2v) is 3.45. The lowest BCUT2D eigenvalue weighted by Gasteiger charge is -2.02. The molecular weight excluding hydrogens is 210 g/mol. The topological polar surface area (TPSA) is 49.3 Å². The van der Waals surface area contributed by atoms with E-state index in [-0.39, 0.29) is 0 Å². The van der Waals surface area contributed by atoms with E-state index in [0.29, 0.717) is 4.91 Å². The normalized spacial score (nSPS) is 12.9. The molecule has 3 nitrogen and oxygen atoms in total. The molecule has 0 radical (unpaired) electrons. The number of benzene rings is 1. The van der Waals surface area contributed by atoms with E-state index in [2.05, 4.69) is 4.72 Å². The molecule has 0 saturated heterocycles. The van der Waals surface area contributed by atoms with Crippen molar-refractivity contribution in [2.75, 3.05) is 0 Å². The summed E-state index contributed by atoms with van der Waals surface area (Å²) in [6, 6.07) is 12.0. The molecule has 2 rings (SSSR count). The third kappa shape index (κ3) is 4.93. The van der Waals surface area contributed by atoms with Crippen molar-refractivity contribution in [3.05, 3.63) is 59.7 Å². The SMILES string of the molecule is O=C(O)C1=CC=CNS1.c1ccccc1. The molecule has 1 heterocycles. The van der Waals surface area contributed by atoms with Gasteiger partial charge in [0.2, 0.25) is 0 Å². The molecule has 0 fully saturated rings. The number of carboxylic acid groups (broad SMARTS) is 1. The van der Waals surface area contributed by atoms with Crippen LogP contribution in [-0.4, -0.2) is 11.1 Å². The summed E-state index contributed by atoms with van der Waals surface area (Å²) in [6.07, 6.45) is 4.88. The summed E-state index contributed by atoms with van der Waals surface area (Å²) < 4.78 is 2.70. The molecule has 0 aromatic heterocycles. The van der Waals surface area contributed by atoms with Crippen LogP contribution in [-0.2, 0) is 4.79 Å². The monoisotopic (exact) mass is 221 g/mol. The maximum atomic E-state index is 10.2. The Morgan fingerprint density at radius 2 is 1.67 bits per heavy atom. The lowest BCUT2D eigenvalue weighted by molar-refractivity contribution is -0.131. The summed E-state index contributed by atoms with van der Waals surface area (Å²) in [4.78, 5) is 10.5. The van der Waals surface area contributed by atoms with Crippen molar-refractivity contribution in [3.63, 3.8) is 0 Å². The molecule has 0 bridgehead atoms. The van der Waals surface area contributed by atoms with Crippen LogP contribution in [0.5, 0.6) is 0 Å². The molecule has 15 heavy (non-hydrogen) atoms. The second kappa shape index (κ2) is 6.73. The highest BCUT2D eigenvalue weighted by atomic mass is 32.2. The maximum Gasteiger partial charge on any atom is 0.343 e. The van der Waals surface area contributed by atoms with Gasteiger partial charge in [-0.2, -0.15) is 0 Å². The zero-order valence-electron chi connectivity index (χ0n) is 7.96. The smallest absolute Gasteiger partial charge is 0.343 e. The second-order valence-electron chi connectivity index (χ2n) is 2.57. The van der Waals surface area contributed by atoms with Crippen molar-refractivity contribution in [3.8, 4) is 0 Å². The third-order valence-electron chi connectivity index (χ3n) is 1.46. The Kier molecular flexibility index (Phi) is 5.11. The zero-order chi connectivity index (χ0) is 10.9. The predicted octanol–water partition coefficient (Wildman–Crippen LogP) is 2.41. The number of allylic oxidation sites excluding steroid dienone is 2. The van der Waals surface area contributed by atoms with Gasteiger partial charge in [0.25, 0.3) is 0 Å². The van der Waals surface area contributed by atoms with Gasteiger partial charge >= 0.3 is 5.97 Å². The molecule has 0 unspecified atom stereocenters. The lowest BCUT2D eigenvalue weighted by Crippen LogP contribution is -2.04. The minimum absolute atomic E-state index is 0.317. The molecule has 0 atom stereocenters. The summed E-state index contributed by atoms with van der Waals surface area (Å²) >= 11 is 1.10. The van der Waals surface area contributed by atoms with Crippen LogP contribution in [0.25, 0.3) is 0 Å². The van der Waals surface area contributed by atoms with E-state index in [1.165, 1.54) is 0 Å². The highest BCUT2D eigenvalue weighted by molar-refractivity contribution is 8.02. The van der Waals surface area contributed by atoms with Gasteiger partial charge in [-0.3, -0.25) is 0 Å². The molecule has 2 N–H and O–H groups in total. The predicted molar refractivity (Wildman–Crippen MR) is 62.0 cm³/mol. The van der Waals surface area contributed by atoms with E-state index < -0.39 is 5.97 Å². The van der Waals surface area contributed by atoms with Gasteiger partial charge < -0.3 is 9.83 Å². The summed E-state index contributed by atoms with van der Waals surface area (Å²) in [5.41, 5.74) is 0. The summed E-state index contributed by atoms with van der Waals surface area (Å²) in [5, 5.41) is 8.38. The van der Waals surface area contributed by atoms with Crippen molar-refractivity contribution in [1.82, 2.24) is 4.72 Å². The van der Waals surface area contributed by atoms with Crippen LogP contribution in [0.15, 0.2) is 59.7 Å². The number of rotatable bonds is 1. The Morgan fingerprint density at radius 1 is 1.13 bits per heavy atom. The quantitative estimate of drug-likeness (QED) is 0.715. The molecule has 0 aliphatic carbocycles. The number of aliphatic carboxylic acids is 1. The van der Waals surface area contributed by atoms with E-state index in [9.17, 15) is 4.79 Å². The van der Waals surface area contributed by atoms with Gasteiger partial charge in [-0.15, -0.1) is 0 Å². The van der Waals surface area contributed by atoms with Crippen LogP contribution in [0.2, 0.25) is 0 Å². The van der Waals surface area contributed by atoms with Crippen molar-refractivity contribution >= 4 is 17.9 Å². The Hall–Kier alpha value is -1.68. The number of hydrogen-bond donors (Lipinski definition) is 2. The van der Waals surface area contributed by atoms with Crippen LogP contribution < -0.4 is 4.72 Å². The van der Waals surface area contributed by atoms with Gasteiger partial charge in [0.1, 0.15) is 4.91 Å². The summed E-state index contributed by atoms with van der Waals surface area (Å²) in [5.74, 6) is -0.892. The van der Waals surface area contributed by atoms with E-state index in [0.717, 1.165) is 11.9 Å². The Bertz CT molecular complexity index is 333. The molecule has 1 aliphatic heterocycles. The lowest BCUT2D eigenvalue weighted by atomic mass is 10.4. The largest absolute Gasteiger partial charge is 0.477 e. The first kappa shape index (κ1) is 11.4. The van der Waals surface area contributed by atoms with Crippen LogP contribution in [0, 0.1) is 0 Å². The average Bonchev–Trinajstić information content (AvgIpc) is 2.33. The molecule has 0 amide bonds. The number of carbonyl (C=O) groups is 1. The Morgan fingerprint density at radius 3 is 1.93 bits per heavy atom. The fraction of sp³-hybridized carbons (Fsp3) is 0. The van der Waals surface area contributed by atoms with Crippen molar-refractivity contribution < 1.29 is 9.90 Å². The van der Waals surface area contributed by atoms with Gasteiger partial charge in [-0.05, 0) is 24.1 Å². The van der Waals surface area contributed by atoms with E-state index in [4.69, 9.17) is 5.11 Å². The summed E-state index contributed by atoms with van der Waals surface area (Å²) in [6.45, 7) is 0. The van der Waals surface area contributed by atoms with Crippen molar-refractivity contribution in [1.29, 1.82) is 0 Å². The van der Waals surface area contributed by atoms with Gasteiger partial charge in [-0.25, -0.2) is 4.79 Å². The zero-order valence-corrected chi connectivity index (χ0v) is 8.78.